The van der Waals surface area contributed by atoms with Crippen LogP contribution in [0.1, 0.15) is 0 Å². The van der Waals surface area contributed by atoms with Crippen molar-refractivity contribution in [2.45, 2.75) is 6.54 Å². The second kappa shape index (κ2) is 4.40. The molecule has 1 aromatic heterocycles. The lowest BCUT2D eigenvalue weighted by molar-refractivity contribution is -0.120. The summed E-state index contributed by atoms with van der Waals surface area (Å²) in [5.41, 5.74) is 2.06. The Labute approximate surface area is 63.1 Å². The second-order valence-corrected chi connectivity index (χ2v) is 1.71. The van der Waals surface area contributed by atoms with Crippen LogP contribution in [0.15, 0.2) is 12.4 Å². The molecule has 6 heteroatoms. The van der Waals surface area contributed by atoms with Gasteiger partial charge in [-0.05, 0) is 0 Å². The van der Waals surface area contributed by atoms with Gasteiger partial charge in [0.2, 0.25) is 6.41 Å². The van der Waals surface area contributed by atoms with Gasteiger partial charge in [0, 0.05) is 0 Å². The van der Waals surface area contributed by atoms with Crippen molar-refractivity contribution in [1.82, 2.24) is 20.5 Å². The van der Waals surface area contributed by atoms with Crippen LogP contribution in [0.5, 0.6) is 0 Å². The van der Waals surface area contributed by atoms with Gasteiger partial charge in [0.25, 0.3) is 0 Å². The number of hydroxylamine groups is 1. The molecule has 0 saturated carbocycles. The molecule has 1 amide bonds. The van der Waals surface area contributed by atoms with Crippen LogP contribution in [0.3, 0.4) is 0 Å². The highest BCUT2D eigenvalue weighted by Crippen LogP contribution is 1.77. The molecule has 0 saturated heterocycles. The van der Waals surface area contributed by atoms with Crippen molar-refractivity contribution in [1.29, 1.82) is 0 Å². The zero-order valence-corrected chi connectivity index (χ0v) is 5.80. The van der Waals surface area contributed by atoms with Crippen LogP contribution in [-0.4, -0.2) is 28.0 Å². The Bertz CT molecular complexity index is 198. The van der Waals surface area contributed by atoms with Crippen molar-refractivity contribution in [2.24, 2.45) is 0 Å². The second-order valence-electron chi connectivity index (χ2n) is 1.71. The fourth-order valence-electron chi connectivity index (χ4n) is 0.579. The molecule has 1 N–H and O–H groups in total. The average molecular weight is 156 g/mol. The van der Waals surface area contributed by atoms with Crippen LogP contribution >= 0.6 is 0 Å². The smallest absolute Gasteiger partial charge is 0.230 e. The molecule has 1 heterocycles. The molecule has 0 bridgehead atoms. The quantitative estimate of drug-likeness (QED) is 0.335. The van der Waals surface area contributed by atoms with Crippen LogP contribution in [0.2, 0.25) is 0 Å². The number of rotatable bonds is 5. The maximum absolute atomic E-state index is 9.69. The summed E-state index contributed by atoms with van der Waals surface area (Å²) in [6.45, 7) is 0.876. The van der Waals surface area contributed by atoms with E-state index in [-0.39, 0.29) is 0 Å². The fourth-order valence-corrected chi connectivity index (χ4v) is 0.579. The van der Waals surface area contributed by atoms with Crippen molar-refractivity contribution in [2.75, 3.05) is 6.61 Å². The fraction of sp³-hybridized carbons (Fsp3) is 0.400. The standard InChI is InChI=1S/C5H8N4O2/c10-5-8-11-4-3-9-6-1-2-7-9/h1-2,5H,3-4H2,(H,8,10). The largest absolute Gasteiger partial charge is 0.277 e. The van der Waals surface area contributed by atoms with Crippen LogP contribution in [0, 0.1) is 0 Å². The van der Waals surface area contributed by atoms with Crippen molar-refractivity contribution in [3.63, 3.8) is 0 Å². The molecule has 0 aliphatic rings. The summed E-state index contributed by atoms with van der Waals surface area (Å²) in [6, 6.07) is 0. The SMILES string of the molecule is O=CNOCCn1nccn1. The van der Waals surface area contributed by atoms with E-state index in [1.807, 2.05) is 0 Å². The maximum Gasteiger partial charge on any atom is 0.230 e. The van der Waals surface area contributed by atoms with Crippen molar-refractivity contribution in [3.05, 3.63) is 12.4 Å². The molecule has 0 aliphatic heterocycles. The predicted molar refractivity (Wildman–Crippen MR) is 35.2 cm³/mol. The summed E-state index contributed by atoms with van der Waals surface area (Å²) >= 11 is 0. The minimum Gasteiger partial charge on any atom is -0.277 e. The Balaban J connectivity index is 2.09. The Kier molecular flexibility index (Phi) is 3.07. The molecule has 0 radical (unpaired) electrons. The molecule has 0 aliphatic carbocycles. The highest BCUT2D eigenvalue weighted by atomic mass is 16.6. The van der Waals surface area contributed by atoms with E-state index in [2.05, 4.69) is 20.5 Å². The summed E-state index contributed by atoms with van der Waals surface area (Å²) in [6.07, 6.45) is 3.62. The number of carbonyl (C=O) groups is 1. The van der Waals surface area contributed by atoms with Gasteiger partial charge >= 0.3 is 0 Å². The molecule has 0 unspecified atom stereocenters. The van der Waals surface area contributed by atoms with Crippen molar-refractivity contribution < 1.29 is 9.63 Å². The van der Waals surface area contributed by atoms with Crippen molar-refractivity contribution >= 4 is 6.41 Å². The minimum atomic E-state index is 0.355. The van der Waals surface area contributed by atoms with E-state index in [9.17, 15) is 4.79 Å². The highest BCUT2D eigenvalue weighted by Gasteiger charge is 1.90. The zero-order chi connectivity index (χ0) is 7.94. The molecular formula is C5H8N4O2. The van der Waals surface area contributed by atoms with E-state index in [0.29, 0.717) is 19.6 Å². The first-order valence-corrected chi connectivity index (χ1v) is 3.08. The van der Waals surface area contributed by atoms with Crippen molar-refractivity contribution in [3.8, 4) is 0 Å². The molecule has 0 spiro atoms. The molecule has 0 fully saturated rings. The molecule has 1 rings (SSSR count). The summed E-state index contributed by atoms with van der Waals surface area (Å²) in [5.74, 6) is 0. The number of nitrogens with one attached hydrogen (secondary N) is 1. The maximum atomic E-state index is 9.69. The van der Waals surface area contributed by atoms with Gasteiger partial charge in [-0.15, -0.1) is 0 Å². The molecule has 6 nitrogen and oxygen atoms in total. The number of aromatic nitrogens is 3. The molecule has 60 valence electrons. The van der Waals surface area contributed by atoms with Gasteiger partial charge in [-0.1, -0.05) is 0 Å². The summed E-state index contributed by atoms with van der Waals surface area (Å²) in [5, 5.41) is 7.65. The molecule has 1 aromatic rings. The van der Waals surface area contributed by atoms with E-state index in [0.717, 1.165) is 0 Å². The first kappa shape index (κ1) is 7.67. The third-order valence-corrected chi connectivity index (χ3v) is 0.991. The van der Waals surface area contributed by atoms with Gasteiger partial charge in [-0.2, -0.15) is 15.0 Å². The van der Waals surface area contributed by atoms with E-state index in [1.54, 1.807) is 12.4 Å². The normalized spacial score (nSPS) is 9.45. The monoisotopic (exact) mass is 156 g/mol. The lowest BCUT2D eigenvalue weighted by atomic mass is 10.7. The lowest BCUT2D eigenvalue weighted by Gasteiger charge is -1.98. The van der Waals surface area contributed by atoms with E-state index >= 15 is 0 Å². The summed E-state index contributed by atoms with van der Waals surface area (Å²) < 4.78 is 0. The number of hydrogen-bond acceptors (Lipinski definition) is 4. The topological polar surface area (TPSA) is 69.0 Å². The highest BCUT2D eigenvalue weighted by molar-refractivity contribution is 5.43. The average Bonchev–Trinajstić information content (AvgIpc) is 2.50. The first-order chi connectivity index (χ1) is 5.43. The zero-order valence-electron chi connectivity index (χ0n) is 5.80. The molecule has 0 atom stereocenters. The van der Waals surface area contributed by atoms with E-state index in [4.69, 9.17) is 0 Å². The van der Waals surface area contributed by atoms with Crippen LogP contribution in [0.4, 0.5) is 0 Å². The Morgan fingerprint density at radius 2 is 2.27 bits per heavy atom. The molecular weight excluding hydrogens is 148 g/mol. The molecule has 11 heavy (non-hydrogen) atoms. The Morgan fingerprint density at radius 3 is 2.91 bits per heavy atom. The summed E-state index contributed by atoms with van der Waals surface area (Å²) in [7, 11) is 0. The van der Waals surface area contributed by atoms with Gasteiger partial charge in [-0.3, -0.25) is 9.63 Å². The van der Waals surface area contributed by atoms with Gasteiger partial charge in [-0.25, -0.2) is 5.48 Å². The summed E-state index contributed by atoms with van der Waals surface area (Å²) in [4.78, 5) is 15.8. The van der Waals surface area contributed by atoms with Gasteiger partial charge < -0.3 is 0 Å². The Morgan fingerprint density at radius 1 is 1.55 bits per heavy atom. The van der Waals surface area contributed by atoms with E-state index < -0.39 is 0 Å². The van der Waals surface area contributed by atoms with Crippen LogP contribution in [0.25, 0.3) is 0 Å². The minimum absolute atomic E-state index is 0.355. The number of nitrogens with zero attached hydrogens (tertiary/aromatic N) is 3. The van der Waals surface area contributed by atoms with Gasteiger partial charge in [0.1, 0.15) is 0 Å². The van der Waals surface area contributed by atoms with Gasteiger partial charge in [0.15, 0.2) is 0 Å². The third-order valence-electron chi connectivity index (χ3n) is 0.991. The van der Waals surface area contributed by atoms with Crippen LogP contribution in [-0.2, 0) is 16.2 Å². The first-order valence-electron chi connectivity index (χ1n) is 3.08. The lowest BCUT2D eigenvalue weighted by Crippen LogP contribution is -2.17. The van der Waals surface area contributed by atoms with E-state index in [1.165, 1.54) is 4.80 Å². The number of carbonyl (C=O) groups excluding carboxylic acids is 1. The Hall–Kier alpha value is -1.43. The molecule has 0 aromatic carbocycles. The number of hydrogen-bond donors (Lipinski definition) is 1. The third kappa shape index (κ3) is 2.76. The number of amides is 1. The predicted octanol–water partition coefficient (Wildman–Crippen LogP) is -1.04. The van der Waals surface area contributed by atoms with Crippen LogP contribution < -0.4 is 5.48 Å². The van der Waals surface area contributed by atoms with Gasteiger partial charge in [0.05, 0.1) is 25.5 Å².